The lowest BCUT2D eigenvalue weighted by atomic mass is 9.72. The highest BCUT2D eigenvalue weighted by Gasteiger charge is 2.48. The van der Waals surface area contributed by atoms with Gasteiger partial charge in [0.25, 0.3) is 5.91 Å². The first kappa shape index (κ1) is 15.1. The van der Waals surface area contributed by atoms with E-state index in [1.165, 1.54) is 23.5 Å². The maximum atomic E-state index is 13.3. The molecule has 0 aliphatic carbocycles. The molecule has 122 valence electrons. The second kappa shape index (κ2) is 5.28. The fraction of sp³-hybridized carbons (Fsp3) is 0.500. The van der Waals surface area contributed by atoms with Gasteiger partial charge < -0.3 is 5.32 Å². The van der Waals surface area contributed by atoms with Gasteiger partial charge in [0.15, 0.2) is 0 Å². The molecule has 2 aromatic rings. The van der Waals surface area contributed by atoms with Crippen LogP contribution in [0.2, 0.25) is 0 Å². The number of fused-ring (bicyclic) bond motifs is 4. The van der Waals surface area contributed by atoms with Crippen molar-refractivity contribution in [2.24, 2.45) is 5.92 Å². The monoisotopic (exact) mass is 332 g/mol. The van der Waals surface area contributed by atoms with Gasteiger partial charge in [0, 0.05) is 16.3 Å². The molecule has 3 aliphatic heterocycles. The van der Waals surface area contributed by atoms with Gasteiger partial charge in [-0.2, -0.15) is 0 Å². The number of piperidine rings is 3. The van der Waals surface area contributed by atoms with Crippen molar-refractivity contribution in [3.8, 4) is 0 Å². The van der Waals surface area contributed by atoms with Crippen LogP contribution < -0.4 is 5.32 Å². The van der Waals surface area contributed by atoms with Gasteiger partial charge in [-0.1, -0.05) is 0 Å². The molecule has 5 rings (SSSR count). The average Bonchev–Trinajstić information content (AvgIpc) is 2.94. The van der Waals surface area contributed by atoms with Crippen molar-refractivity contribution in [1.82, 2.24) is 10.2 Å². The highest BCUT2D eigenvalue weighted by atomic mass is 32.1. The zero-order valence-electron chi connectivity index (χ0n) is 13.4. The summed E-state index contributed by atoms with van der Waals surface area (Å²) in [6.07, 6.45) is 2.32. The second-order valence-electron chi connectivity index (χ2n) is 7.22. The van der Waals surface area contributed by atoms with Crippen molar-refractivity contribution in [2.75, 3.05) is 13.1 Å². The van der Waals surface area contributed by atoms with Crippen LogP contribution in [0.5, 0.6) is 0 Å². The van der Waals surface area contributed by atoms with E-state index in [0.717, 1.165) is 36.0 Å². The number of halogens is 1. The molecule has 1 atom stereocenters. The smallest absolute Gasteiger partial charge is 0.261 e. The van der Waals surface area contributed by atoms with E-state index in [-0.39, 0.29) is 23.3 Å². The number of thiophene rings is 1. The number of carbonyl (C=O) groups excluding carboxylic acids is 1. The van der Waals surface area contributed by atoms with Crippen molar-refractivity contribution in [2.45, 2.75) is 38.3 Å². The second-order valence-corrected chi connectivity index (χ2v) is 8.31. The maximum Gasteiger partial charge on any atom is 0.261 e. The Morgan fingerprint density at radius 2 is 2.04 bits per heavy atom. The van der Waals surface area contributed by atoms with E-state index in [0.29, 0.717) is 10.8 Å². The van der Waals surface area contributed by atoms with Crippen LogP contribution in [-0.2, 0) is 0 Å². The van der Waals surface area contributed by atoms with E-state index < -0.39 is 0 Å². The van der Waals surface area contributed by atoms with Gasteiger partial charge in [-0.3, -0.25) is 9.69 Å². The molecule has 4 heterocycles. The summed E-state index contributed by atoms with van der Waals surface area (Å²) in [4.78, 5) is 15.9. The van der Waals surface area contributed by atoms with Crippen LogP contribution in [0.25, 0.3) is 10.1 Å². The Morgan fingerprint density at radius 3 is 2.74 bits per heavy atom. The van der Waals surface area contributed by atoms with Gasteiger partial charge in [-0.05, 0) is 75.3 Å². The minimum Gasteiger partial charge on any atom is -0.346 e. The minimum absolute atomic E-state index is 0.000380. The third-order valence-electron chi connectivity index (χ3n) is 5.58. The molecule has 3 nitrogen and oxygen atoms in total. The molecule has 1 aromatic carbocycles. The van der Waals surface area contributed by atoms with Crippen LogP contribution in [0.15, 0.2) is 24.3 Å². The largest absolute Gasteiger partial charge is 0.346 e. The highest BCUT2D eigenvalue weighted by Crippen LogP contribution is 2.39. The molecule has 3 fully saturated rings. The Kier molecular flexibility index (Phi) is 3.46. The number of hydrogen-bond donors (Lipinski definition) is 1. The molecule has 1 N–H and O–H groups in total. The SMILES string of the molecule is CC1(C)C(NC(=O)c2cc3cc(F)ccc3s2)C2CCN1CC2. The Labute approximate surface area is 139 Å². The molecule has 1 amide bonds. The summed E-state index contributed by atoms with van der Waals surface area (Å²) in [7, 11) is 0. The lowest BCUT2D eigenvalue weighted by molar-refractivity contribution is -0.0377. The van der Waals surface area contributed by atoms with Crippen LogP contribution in [-0.4, -0.2) is 35.5 Å². The van der Waals surface area contributed by atoms with Gasteiger partial charge in [0.2, 0.25) is 0 Å². The van der Waals surface area contributed by atoms with Gasteiger partial charge in [-0.15, -0.1) is 11.3 Å². The van der Waals surface area contributed by atoms with Gasteiger partial charge in [0.05, 0.1) is 4.88 Å². The topological polar surface area (TPSA) is 32.3 Å². The first-order valence-electron chi connectivity index (χ1n) is 8.20. The van der Waals surface area contributed by atoms with Gasteiger partial charge in [0.1, 0.15) is 5.82 Å². The van der Waals surface area contributed by atoms with Crippen LogP contribution in [0.4, 0.5) is 4.39 Å². The standard InChI is InChI=1S/C18H21FN2OS/c1-18(2)16(11-5-7-21(18)8-6-11)20-17(22)15-10-12-9-13(19)3-4-14(12)23-15/h3-4,9-11,16H,5-8H2,1-2H3,(H,20,22). The molecular formula is C18H21FN2OS. The number of carbonyl (C=O) groups is 1. The first-order chi connectivity index (χ1) is 10.9. The third-order valence-corrected chi connectivity index (χ3v) is 6.69. The number of benzene rings is 1. The number of hydrogen-bond acceptors (Lipinski definition) is 3. The Morgan fingerprint density at radius 1 is 1.30 bits per heavy atom. The van der Waals surface area contributed by atoms with Crippen molar-refractivity contribution in [3.05, 3.63) is 35.0 Å². The molecule has 23 heavy (non-hydrogen) atoms. The van der Waals surface area contributed by atoms with E-state index in [9.17, 15) is 9.18 Å². The first-order valence-corrected chi connectivity index (χ1v) is 9.02. The van der Waals surface area contributed by atoms with E-state index >= 15 is 0 Å². The summed E-state index contributed by atoms with van der Waals surface area (Å²) in [6, 6.07) is 6.65. The summed E-state index contributed by atoms with van der Waals surface area (Å²) < 4.78 is 14.3. The van der Waals surface area contributed by atoms with E-state index in [1.807, 2.05) is 0 Å². The molecule has 3 aliphatic rings. The predicted molar refractivity (Wildman–Crippen MR) is 91.4 cm³/mol. The van der Waals surface area contributed by atoms with Gasteiger partial charge in [-0.25, -0.2) is 4.39 Å². The Balaban J connectivity index is 1.59. The molecule has 0 radical (unpaired) electrons. The van der Waals surface area contributed by atoms with E-state index in [2.05, 4.69) is 24.1 Å². The van der Waals surface area contributed by atoms with E-state index in [1.54, 1.807) is 12.1 Å². The van der Waals surface area contributed by atoms with Crippen LogP contribution in [0, 0.1) is 11.7 Å². The molecule has 0 spiro atoms. The highest BCUT2D eigenvalue weighted by molar-refractivity contribution is 7.20. The summed E-state index contributed by atoms with van der Waals surface area (Å²) >= 11 is 1.43. The molecular weight excluding hydrogens is 311 g/mol. The molecule has 1 unspecified atom stereocenters. The predicted octanol–water partition coefficient (Wildman–Crippen LogP) is 3.64. The van der Waals surface area contributed by atoms with Crippen molar-refractivity contribution in [1.29, 1.82) is 0 Å². The zero-order chi connectivity index (χ0) is 16.2. The lowest BCUT2D eigenvalue weighted by Gasteiger charge is -2.56. The third kappa shape index (κ3) is 2.46. The summed E-state index contributed by atoms with van der Waals surface area (Å²) in [6.45, 7) is 6.71. The fourth-order valence-electron chi connectivity index (χ4n) is 4.22. The number of nitrogens with one attached hydrogen (secondary N) is 1. The lowest BCUT2D eigenvalue weighted by Crippen LogP contribution is -2.69. The number of rotatable bonds is 2. The zero-order valence-corrected chi connectivity index (χ0v) is 14.3. The Hall–Kier alpha value is -1.46. The molecule has 5 heteroatoms. The molecule has 0 saturated carbocycles. The Bertz CT molecular complexity index is 761. The summed E-state index contributed by atoms with van der Waals surface area (Å²) in [5, 5.41) is 4.07. The molecule has 3 saturated heterocycles. The average molecular weight is 332 g/mol. The maximum absolute atomic E-state index is 13.3. The quantitative estimate of drug-likeness (QED) is 0.910. The molecule has 2 bridgehead atoms. The van der Waals surface area contributed by atoms with E-state index in [4.69, 9.17) is 0 Å². The number of nitrogens with zero attached hydrogens (tertiary/aromatic N) is 1. The van der Waals surface area contributed by atoms with Crippen molar-refractivity contribution >= 4 is 27.3 Å². The van der Waals surface area contributed by atoms with Crippen molar-refractivity contribution in [3.63, 3.8) is 0 Å². The normalized spacial score (nSPS) is 28.9. The molecule has 1 aromatic heterocycles. The van der Waals surface area contributed by atoms with Crippen LogP contribution >= 0.6 is 11.3 Å². The van der Waals surface area contributed by atoms with Crippen LogP contribution in [0.3, 0.4) is 0 Å². The van der Waals surface area contributed by atoms with Crippen LogP contribution in [0.1, 0.15) is 36.4 Å². The minimum atomic E-state index is -0.263. The van der Waals surface area contributed by atoms with Gasteiger partial charge >= 0.3 is 0 Å². The van der Waals surface area contributed by atoms with Crippen molar-refractivity contribution < 1.29 is 9.18 Å². The fourth-order valence-corrected chi connectivity index (χ4v) is 5.16. The number of amides is 1. The summed E-state index contributed by atoms with van der Waals surface area (Å²) in [5.74, 6) is 0.269. The summed E-state index contributed by atoms with van der Waals surface area (Å²) in [5.41, 5.74) is -0.000380.